The van der Waals surface area contributed by atoms with Crippen LogP contribution in [0.3, 0.4) is 0 Å². The van der Waals surface area contributed by atoms with Crippen molar-refractivity contribution >= 4 is 11.5 Å². The number of aromatic nitrogens is 2. The summed E-state index contributed by atoms with van der Waals surface area (Å²) in [7, 11) is 1.72. The summed E-state index contributed by atoms with van der Waals surface area (Å²) in [5, 5.41) is 18.6. The van der Waals surface area contributed by atoms with Crippen molar-refractivity contribution in [1.82, 2.24) is 9.78 Å². The van der Waals surface area contributed by atoms with Crippen LogP contribution in [-0.2, 0) is 11.8 Å². The fraction of sp³-hybridized carbons (Fsp3) is 0.786. The quantitative estimate of drug-likeness (QED) is 0.408. The monoisotopic (exact) mass is 298 g/mol. The smallest absolute Gasteiger partial charge is 0.334 e. The second-order valence-electron chi connectivity index (χ2n) is 5.36. The Labute approximate surface area is 125 Å². The number of aryl methyl sites for hydroxylation is 1. The highest BCUT2D eigenvalue weighted by molar-refractivity contribution is 5.60. The molecule has 1 rings (SSSR count). The Morgan fingerprint density at radius 2 is 2.05 bits per heavy atom. The van der Waals surface area contributed by atoms with E-state index in [-0.39, 0.29) is 16.5 Å². The lowest BCUT2D eigenvalue weighted by molar-refractivity contribution is -0.384. The SMILES string of the molecule is CCCCOCCCNc1c([N+](=O)[O-])c(C(C)C)nn1C. The highest BCUT2D eigenvalue weighted by Crippen LogP contribution is 2.32. The van der Waals surface area contributed by atoms with Gasteiger partial charge in [0.15, 0.2) is 0 Å². The average molecular weight is 298 g/mol. The maximum Gasteiger partial charge on any atom is 0.334 e. The van der Waals surface area contributed by atoms with Gasteiger partial charge in [-0.15, -0.1) is 0 Å². The van der Waals surface area contributed by atoms with E-state index in [4.69, 9.17) is 4.74 Å². The molecule has 1 aromatic rings. The van der Waals surface area contributed by atoms with Gasteiger partial charge in [0.25, 0.3) is 0 Å². The summed E-state index contributed by atoms with van der Waals surface area (Å²) in [5.41, 5.74) is 0.601. The van der Waals surface area contributed by atoms with Crippen LogP contribution in [0.2, 0.25) is 0 Å². The number of unbranched alkanes of at least 4 members (excludes halogenated alkanes) is 1. The minimum absolute atomic E-state index is 0.0181. The van der Waals surface area contributed by atoms with E-state index in [1.165, 1.54) is 0 Å². The molecule has 1 aromatic heterocycles. The molecule has 0 aliphatic carbocycles. The van der Waals surface area contributed by atoms with Crippen molar-refractivity contribution in [2.75, 3.05) is 25.1 Å². The van der Waals surface area contributed by atoms with Crippen LogP contribution in [0.25, 0.3) is 0 Å². The molecule has 0 atom stereocenters. The maximum atomic E-state index is 11.3. The summed E-state index contributed by atoms with van der Waals surface area (Å²) in [6.07, 6.45) is 3.00. The molecule has 0 saturated heterocycles. The third-order valence-electron chi connectivity index (χ3n) is 3.18. The molecule has 0 saturated carbocycles. The third kappa shape index (κ3) is 5.00. The lowest BCUT2D eigenvalue weighted by Gasteiger charge is -2.07. The first-order chi connectivity index (χ1) is 9.99. The predicted octanol–water partition coefficient (Wildman–Crippen LogP) is 3.07. The van der Waals surface area contributed by atoms with Crippen molar-refractivity contribution in [3.63, 3.8) is 0 Å². The summed E-state index contributed by atoms with van der Waals surface area (Å²) in [5.74, 6) is 0.488. The second kappa shape index (κ2) is 8.61. The van der Waals surface area contributed by atoms with Gasteiger partial charge >= 0.3 is 5.69 Å². The largest absolute Gasteiger partial charge is 0.381 e. The normalized spacial score (nSPS) is 11.1. The van der Waals surface area contributed by atoms with Crippen LogP contribution in [0.5, 0.6) is 0 Å². The van der Waals surface area contributed by atoms with Gasteiger partial charge in [-0.1, -0.05) is 27.2 Å². The van der Waals surface area contributed by atoms with Crippen molar-refractivity contribution in [2.45, 2.75) is 46.0 Å². The summed E-state index contributed by atoms with van der Waals surface area (Å²) < 4.78 is 7.01. The predicted molar refractivity (Wildman–Crippen MR) is 82.8 cm³/mol. The van der Waals surface area contributed by atoms with Crippen molar-refractivity contribution in [1.29, 1.82) is 0 Å². The Hall–Kier alpha value is -1.63. The van der Waals surface area contributed by atoms with Crippen molar-refractivity contribution in [3.05, 3.63) is 15.8 Å². The Bertz CT molecular complexity index is 457. The summed E-state index contributed by atoms with van der Waals surface area (Å²) >= 11 is 0. The number of nitrogens with zero attached hydrogens (tertiary/aromatic N) is 3. The summed E-state index contributed by atoms with van der Waals surface area (Å²) in [4.78, 5) is 10.9. The fourth-order valence-corrected chi connectivity index (χ4v) is 2.03. The van der Waals surface area contributed by atoms with E-state index in [1.54, 1.807) is 11.7 Å². The highest BCUT2D eigenvalue weighted by atomic mass is 16.6. The van der Waals surface area contributed by atoms with Gasteiger partial charge in [0.2, 0.25) is 5.82 Å². The molecule has 120 valence electrons. The summed E-state index contributed by atoms with van der Waals surface area (Å²) in [6.45, 7) is 8.00. The van der Waals surface area contributed by atoms with E-state index >= 15 is 0 Å². The Kier molecular flexibility index (Phi) is 7.14. The second-order valence-corrected chi connectivity index (χ2v) is 5.36. The van der Waals surface area contributed by atoms with Gasteiger partial charge in [0, 0.05) is 32.7 Å². The van der Waals surface area contributed by atoms with Crippen molar-refractivity contribution in [2.24, 2.45) is 7.05 Å². The Balaban J connectivity index is 2.56. The van der Waals surface area contributed by atoms with E-state index in [2.05, 4.69) is 17.3 Å². The zero-order valence-corrected chi connectivity index (χ0v) is 13.4. The molecule has 7 heteroatoms. The molecular formula is C14H26N4O3. The molecule has 0 unspecified atom stereocenters. The van der Waals surface area contributed by atoms with Gasteiger partial charge in [0.05, 0.1) is 4.92 Å². The molecule has 1 heterocycles. The molecule has 0 radical (unpaired) electrons. The minimum atomic E-state index is -0.359. The molecule has 0 bridgehead atoms. The van der Waals surface area contributed by atoms with Crippen LogP contribution in [0.1, 0.15) is 51.6 Å². The molecule has 1 N–H and O–H groups in total. The molecular weight excluding hydrogens is 272 g/mol. The molecule has 0 spiro atoms. The van der Waals surface area contributed by atoms with Crippen molar-refractivity contribution in [3.8, 4) is 0 Å². The van der Waals surface area contributed by atoms with Crippen LogP contribution >= 0.6 is 0 Å². The van der Waals surface area contributed by atoms with Gasteiger partial charge < -0.3 is 10.1 Å². The first-order valence-corrected chi connectivity index (χ1v) is 7.51. The number of rotatable bonds is 10. The van der Waals surface area contributed by atoms with Gasteiger partial charge in [-0.2, -0.15) is 5.10 Å². The topological polar surface area (TPSA) is 82.2 Å². The number of hydrogen-bond acceptors (Lipinski definition) is 5. The molecule has 21 heavy (non-hydrogen) atoms. The number of hydrogen-bond donors (Lipinski definition) is 1. The number of nitro groups is 1. The zero-order valence-electron chi connectivity index (χ0n) is 13.4. The molecule has 0 aliphatic rings. The van der Waals surface area contributed by atoms with E-state index in [9.17, 15) is 10.1 Å². The van der Waals surface area contributed by atoms with Crippen molar-refractivity contribution < 1.29 is 9.66 Å². The lowest BCUT2D eigenvalue weighted by atomic mass is 10.1. The molecule has 7 nitrogen and oxygen atoms in total. The van der Waals surface area contributed by atoms with E-state index in [0.29, 0.717) is 24.7 Å². The van der Waals surface area contributed by atoms with Crippen LogP contribution in [0, 0.1) is 10.1 Å². The van der Waals surface area contributed by atoms with E-state index < -0.39 is 0 Å². The van der Waals surface area contributed by atoms with Crippen LogP contribution in [0.15, 0.2) is 0 Å². The fourth-order valence-electron chi connectivity index (χ4n) is 2.03. The molecule has 0 aliphatic heterocycles. The van der Waals surface area contributed by atoms with Gasteiger partial charge in [-0.05, 0) is 12.8 Å². The number of anilines is 1. The minimum Gasteiger partial charge on any atom is -0.381 e. The van der Waals surface area contributed by atoms with E-state index in [1.807, 2.05) is 13.8 Å². The molecule has 0 amide bonds. The lowest BCUT2D eigenvalue weighted by Crippen LogP contribution is -2.10. The molecule has 0 fully saturated rings. The number of ether oxygens (including phenoxy) is 1. The Morgan fingerprint density at radius 1 is 1.38 bits per heavy atom. The van der Waals surface area contributed by atoms with Gasteiger partial charge in [0.1, 0.15) is 5.69 Å². The average Bonchev–Trinajstić information content (AvgIpc) is 2.75. The van der Waals surface area contributed by atoms with E-state index in [0.717, 1.165) is 25.9 Å². The van der Waals surface area contributed by atoms with Crippen LogP contribution in [0.4, 0.5) is 11.5 Å². The standard InChI is InChI=1S/C14H26N4O3/c1-5-6-9-21-10-7-8-15-14-13(18(19)20)12(11(2)3)16-17(14)4/h11,15H,5-10H2,1-4H3. The highest BCUT2D eigenvalue weighted by Gasteiger charge is 2.28. The van der Waals surface area contributed by atoms with Crippen LogP contribution < -0.4 is 5.32 Å². The zero-order chi connectivity index (χ0) is 15.8. The van der Waals surface area contributed by atoms with Gasteiger partial charge in [-0.3, -0.25) is 10.1 Å². The third-order valence-corrected chi connectivity index (χ3v) is 3.18. The first-order valence-electron chi connectivity index (χ1n) is 7.51. The maximum absolute atomic E-state index is 11.3. The molecule has 0 aromatic carbocycles. The first kappa shape index (κ1) is 17.4. The summed E-state index contributed by atoms with van der Waals surface area (Å²) in [6, 6.07) is 0. The van der Waals surface area contributed by atoms with Crippen LogP contribution in [-0.4, -0.2) is 34.5 Å². The van der Waals surface area contributed by atoms with Gasteiger partial charge in [-0.25, -0.2) is 4.68 Å². The number of nitrogens with one attached hydrogen (secondary N) is 1. The Morgan fingerprint density at radius 3 is 2.62 bits per heavy atom.